The van der Waals surface area contributed by atoms with Gasteiger partial charge in [0, 0.05) is 52.7 Å². The summed E-state index contributed by atoms with van der Waals surface area (Å²) in [4.78, 5) is 35.4. The van der Waals surface area contributed by atoms with E-state index in [2.05, 4.69) is 32.3 Å². The lowest BCUT2D eigenvalue weighted by molar-refractivity contribution is 0.402. The van der Waals surface area contributed by atoms with Gasteiger partial charge in [-0.1, -0.05) is 117 Å². The summed E-state index contributed by atoms with van der Waals surface area (Å²) in [7, 11) is 1.53. The monoisotopic (exact) mass is 804 g/mol. The van der Waals surface area contributed by atoms with Crippen molar-refractivity contribution in [3.05, 3.63) is 219 Å². The molecule has 0 aliphatic carbocycles. The minimum absolute atomic E-state index is 0.0379. The van der Waals surface area contributed by atoms with Crippen molar-refractivity contribution in [2.24, 2.45) is 0 Å². The molecule has 0 fully saturated rings. The Morgan fingerprint density at radius 2 is 0.902 bits per heavy atom. The van der Waals surface area contributed by atoms with Gasteiger partial charge in [0.2, 0.25) is 5.88 Å². The quantitative estimate of drug-likeness (QED) is 0.150. The SMILES string of the molecule is CC.COc1nc(C)cc2c1c(=O)cc(Nc1ccccc1)n2-c1ccccc1.Cc1cc2c(c(Cc3ccccc3)n1)c(=O)cc(Nc1ccccc1)n2-c1ccccc1. The van der Waals surface area contributed by atoms with Crippen molar-refractivity contribution < 1.29 is 4.74 Å². The van der Waals surface area contributed by atoms with E-state index in [4.69, 9.17) is 9.72 Å². The highest BCUT2D eigenvalue weighted by atomic mass is 16.5. The first-order valence-electron chi connectivity index (χ1n) is 20.3. The summed E-state index contributed by atoms with van der Waals surface area (Å²) in [6, 6.07) is 57.0. The summed E-state index contributed by atoms with van der Waals surface area (Å²) in [6.45, 7) is 7.87. The van der Waals surface area contributed by atoms with E-state index in [9.17, 15) is 9.59 Å². The molecule has 2 N–H and O–H groups in total. The molecule has 9 rings (SSSR count). The van der Waals surface area contributed by atoms with Crippen LogP contribution in [0, 0.1) is 13.8 Å². The van der Waals surface area contributed by atoms with Crippen LogP contribution in [0.1, 0.15) is 36.5 Å². The van der Waals surface area contributed by atoms with Gasteiger partial charge in [0.1, 0.15) is 17.0 Å². The largest absolute Gasteiger partial charge is 0.480 e. The Bertz CT molecular complexity index is 2990. The number of hydrogen-bond donors (Lipinski definition) is 2. The molecule has 0 unspecified atom stereocenters. The summed E-state index contributed by atoms with van der Waals surface area (Å²) in [5, 5.41) is 7.92. The summed E-state index contributed by atoms with van der Waals surface area (Å²) < 4.78 is 9.51. The third-order valence-electron chi connectivity index (χ3n) is 9.82. The summed E-state index contributed by atoms with van der Waals surface area (Å²) in [6.07, 6.45) is 0.606. The molecule has 4 heterocycles. The average Bonchev–Trinajstić information content (AvgIpc) is 3.28. The molecule has 5 aromatic carbocycles. The van der Waals surface area contributed by atoms with Gasteiger partial charge in [0.15, 0.2) is 10.9 Å². The Kier molecular flexibility index (Phi) is 13.1. The zero-order chi connectivity index (χ0) is 42.7. The molecule has 0 radical (unpaired) electrons. The van der Waals surface area contributed by atoms with Crippen LogP contribution in [0.3, 0.4) is 0 Å². The van der Waals surface area contributed by atoms with E-state index in [-0.39, 0.29) is 10.9 Å². The second-order valence-electron chi connectivity index (χ2n) is 14.0. The first-order chi connectivity index (χ1) is 29.9. The molecule has 61 heavy (non-hydrogen) atoms. The second kappa shape index (κ2) is 19.3. The Morgan fingerprint density at radius 1 is 0.508 bits per heavy atom. The number of nitrogens with zero attached hydrogens (tertiary/aromatic N) is 4. The number of hydrogen-bond acceptors (Lipinski definition) is 7. The van der Waals surface area contributed by atoms with E-state index in [1.165, 1.54) is 7.11 Å². The summed E-state index contributed by atoms with van der Waals surface area (Å²) >= 11 is 0. The Labute approximate surface area is 355 Å². The number of methoxy groups -OCH3 is 1. The van der Waals surface area contributed by atoms with Crippen molar-refractivity contribution in [3.63, 3.8) is 0 Å². The molecular weight excluding hydrogens is 757 g/mol. The lowest BCUT2D eigenvalue weighted by Crippen LogP contribution is -2.15. The fourth-order valence-electron chi connectivity index (χ4n) is 7.28. The first-order valence-corrected chi connectivity index (χ1v) is 20.3. The molecule has 0 atom stereocenters. The molecule has 304 valence electrons. The van der Waals surface area contributed by atoms with Gasteiger partial charge in [0.05, 0.1) is 29.2 Å². The standard InChI is InChI=1S/C28H23N3O.C22H19N3O2.C2H6/c1-20-17-25-28(24(29-20)18-21-11-5-2-6-12-21)26(32)19-27(30-22-13-7-3-8-14-22)31(25)23-15-9-4-10-16-23;1-15-13-18-21(22(23-15)27-2)19(26)14-20(24-16-9-5-3-6-10-16)25(18)17-11-7-4-8-12-17;1-2/h2-17,19,30H,18H2,1H3;3-14,24H,1-2H3;1-2H3. The van der Waals surface area contributed by atoms with Gasteiger partial charge in [-0.2, -0.15) is 0 Å². The van der Waals surface area contributed by atoms with Crippen LogP contribution < -0.4 is 26.2 Å². The number of benzene rings is 5. The molecule has 0 aliphatic heterocycles. The summed E-state index contributed by atoms with van der Waals surface area (Å²) in [5.74, 6) is 1.74. The number of para-hydroxylation sites is 4. The van der Waals surface area contributed by atoms with Gasteiger partial charge in [-0.3, -0.25) is 23.7 Å². The number of anilines is 4. The third-order valence-corrected chi connectivity index (χ3v) is 9.82. The Morgan fingerprint density at radius 3 is 1.36 bits per heavy atom. The van der Waals surface area contributed by atoms with Gasteiger partial charge < -0.3 is 15.4 Å². The second-order valence-corrected chi connectivity index (χ2v) is 14.0. The highest BCUT2D eigenvalue weighted by Gasteiger charge is 2.18. The normalized spacial score (nSPS) is 10.6. The zero-order valence-corrected chi connectivity index (χ0v) is 35.0. The zero-order valence-electron chi connectivity index (χ0n) is 35.0. The van der Waals surface area contributed by atoms with Gasteiger partial charge in [-0.05, 0) is 80.1 Å². The van der Waals surface area contributed by atoms with E-state index in [1.807, 2.05) is 184 Å². The molecule has 0 amide bonds. The minimum Gasteiger partial charge on any atom is -0.480 e. The fraction of sp³-hybridized carbons (Fsp3) is 0.115. The van der Waals surface area contributed by atoms with Crippen molar-refractivity contribution in [1.29, 1.82) is 0 Å². The maximum absolute atomic E-state index is 13.4. The highest BCUT2D eigenvalue weighted by molar-refractivity contribution is 5.89. The topological polar surface area (TPSA) is 103 Å². The molecule has 9 nitrogen and oxygen atoms in total. The number of aromatic nitrogens is 4. The maximum Gasteiger partial charge on any atom is 0.226 e. The van der Waals surface area contributed by atoms with Gasteiger partial charge in [0.25, 0.3) is 0 Å². The van der Waals surface area contributed by atoms with E-state index in [0.29, 0.717) is 28.9 Å². The number of ether oxygens (including phenoxy) is 1. The van der Waals surface area contributed by atoms with Crippen molar-refractivity contribution in [3.8, 4) is 17.3 Å². The molecule has 9 aromatic rings. The molecule has 0 saturated heterocycles. The van der Waals surface area contributed by atoms with Crippen LogP contribution in [0.5, 0.6) is 5.88 Å². The van der Waals surface area contributed by atoms with Crippen LogP contribution in [-0.4, -0.2) is 26.2 Å². The molecular formula is C52H48N6O3. The van der Waals surface area contributed by atoms with Crippen LogP contribution >= 0.6 is 0 Å². The predicted molar refractivity (Wildman–Crippen MR) is 251 cm³/mol. The van der Waals surface area contributed by atoms with E-state index in [0.717, 1.165) is 62.2 Å². The van der Waals surface area contributed by atoms with Crippen molar-refractivity contribution >= 4 is 44.8 Å². The third kappa shape index (κ3) is 9.42. The fourth-order valence-corrected chi connectivity index (χ4v) is 7.28. The minimum atomic E-state index is -0.139. The number of rotatable bonds is 9. The van der Waals surface area contributed by atoms with Crippen LogP contribution in [0.2, 0.25) is 0 Å². The molecule has 0 saturated carbocycles. The van der Waals surface area contributed by atoms with Crippen LogP contribution in [0.15, 0.2) is 186 Å². The van der Waals surface area contributed by atoms with Crippen molar-refractivity contribution in [2.45, 2.75) is 34.1 Å². The molecule has 0 aliphatic rings. The van der Waals surface area contributed by atoms with Crippen molar-refractivity contribution in [2.75, 3.05) is 17.7 Å². The van der Waals surface area contributed by atoms with Crippen molar-refractivity contribution in [1.82, 2.24) is 19.1 Å². The lowest BCUT2D eigenvalue weighted by atomic mass is 10.0. The lowest BCUT2D eigenvalue weighted by Gasteiger charge is -2.20. The first kappa shape index (κ1) is 41.4. The number of fused-ring (bicyclic) bond motifs is 2. The Balaban J connectivity index is 0.000000179. The Hall–Kier alpha value is -7.78. The van der Waals surface area contributed by atoms with Crippen LogP contribution in [0.25, 0.3) is 33.2 Å². The summed E-state index contributed by atoms with van der Waals surface area (Å²) in [5.41, 5.74) is 8.74. The molecule has 9 heteroatoms. The molecule has 0 bridgehead atoms. The van der Waals surface area contributed by atoms with E-state index >= 15 is 0 Å². The molecule has 0 spiro atoms. The van der Waals surface area contributed by atoms with E-state index in [1.54, 1.807) is 12.1 Å². The van der Waals surface area contributed by atoms with Gasteiger partial charge >= 0.3 is 0 Å². The smallest absolute Gasteiger partial charge is 0.226 e. The number of aryl methyl sites for hydroxylation is 2. The van der Waals surface area contributed by atoms with Gasteiger partial charge in [-0.25, -0.2) is 4.98 Å². The van der Waals surface area contributed by atoms with Gasteiger partial charge in [-0.15, -0.1) is 0 Å². The van der Waals surface area contributed by atoms with E-state index < -0.39 is 0 Å². The number of pyridine rings is 4. The highest BCUT2D eigenvalue weighted by Crippen LogP contribution is 2.30. The maximum atomic E-state index is 13.4. The molecule has 4 aromatic heterocycles. The predicted octanol–water partition coefficient (Wildman–Crippen LogP) is 11.5. The van der Waals surface area contributed by atoms with Crippen LogP contribution in [0.4, 0.5) is 23.0 Å². The number of nitrogens with one attached hydrogen (secondary N) is 2. The van der Waals surface area contributed by atoms with Crippen LogP contribution in [-0.2, 0) is 6.42 Å². The average molecular weight is 805 g/mol.